The van der Waals surface area contributed by atoms with E-state index in [1.54, 1.807) is 22.9 Å². The molecule has 0 bridgehead atoms. The van der Waals surface area contributed by atoms with Crippen LogP contribution in [-0.4, -0.2) is 34.5 Å². The number of rotatable bonds is 3. The first kappa shape index (κ1) is 10.3. The van der Waals surface area contributed by atoms with Crippen LogP contribution in [0.4, 0.5) is 0 Å². The molecule has 1 atom stereocenters. The SMILES string of the molecule is C=CCOC(=O)C1=CN2C(=O)C[C@H]2SC1. The molecule has 5 heteroatoms. The summed E-state index contributed by atoms with van der Waals surface area (Å²) in [7, 11) is 0. The minimum Gasteiger partial charge on any atom is -0.458 e. The number of amides is 1. The number of nitrogens with zero attached hydrogens (tertiary/aromatic N) is 1. The molecule has 2 aliphatic rings. The summed E-state index contributed by atoms with van der Waals surface area (Å²) in [6.45, 7) is 3.67. The maximum Gasteiger partial charge on any atom is 0.336 e. The third-order valence-corrected chi connectivity index (χ3v) is 3.52. The Kier molecular flexibility index (Phi) is 2.81. The Morgan fingerprint density at radius 2 is 2.60 bits per heavy atom. The molecule has 0 N–H and O–H groups in total. The lowest BCUT2D eigenvalue weighted by Gasteiger charge is -2.40. The van der Waals surface area contributed by atoms with E-state index >= 15 is 0 Å². The molecule has 1 amide bonds. The van der Waals surface area contributed by atoms with Crippen LogP contribution in [0.2, 0.25) is 0 Å². The van der Waals surface area contributed by atoms with Crippen molar-refractivity contribution in [2.75, 3.05) is 12.4 Å². The second kappa shape index (κ2) is 4.10. The van der Waals surface area contributed by atoms with Crippen LogP contribution in [0, 0.1) is 0 Å². The van der Waals surface area contributed by atoms with Gasteiger partial charge in [0.2, 0.25) is 5.91 Å². The summed E-state index contributed by atoms with van der Waals surface area (Å²) >= 11 is 1.60. The smallest absolute Gasteiger partial charge is 0.336 e. The Morgan fingerprint density at radius 1 is 1.80 bits per heavy atom. The molecule has 0 aromatic heterocycles. The van der Waals surface area contributed by atoms with Gasteiger partial charge in [-0.15, -0.1) is 11.8 Å². The van der Waals surface area contributed by atoms with Crippen LogP contribution >= 0.6 is 11.8 Å². The van der Waals surface area contributed by atoms with E-state index in [2.05, 4.69) is 6.58 Å². The number of esters is 1. The number of β-lactam (4-membered cyclic amide) rings is 1. The molecule has 1 saturated heterocycles. The minimum atomic E-state index is -0.361. The van der Waals surface area contributed by atoms with Gasteiger partial charge in [0, 0.05) is 12.0 Å². The summed E-state index contributed by atoms with van der Waals surface area (Å²) in [5.74, 6) is 0.325. The summed E-state index contributed by atoms with van der Waals surface area (Å²) in [6, 6.07) is 0. The lowest BCUT2D eigenvalue weighted by Crippen LogP contribution is -2.49. The molecule has 0 aromatic rings. The van der Waals surface area contributed by atoms with Gasteiger partial charge in [0.15, 0.2) is 0 Å². The van der Waals surface area contributed by atoms with Crippen LogP contribution in [0.3, 0.4) is 0 Å². The van der Waals surface area contributed by atoms with Gasteiger partial charge in [-0.3, -0.25) is 4.79 Å². The minimum absolute atomic E-state index is 0.0706. The zero-order valence-corrected chi connectivity index (χ0v) is 8.96. The van der Waals surface area contributed by atoms with E-state index in [4.69, 9.17) is 4.74 Å². The van der Waals surface area contributed by atoms with E-state index in [0.717, 1.165) is 0 Å². The monoisotopic (exact) mass is 225 g/mol. The highest BCUT2D eigenvalue weighted by molar-refractivity contribution is 8.00. The van der Waals surface area contributed by atoms with Gasteiger partial charge in [-0.05, 0) is 0 Å². The number of thioether (sulfide) groups is 1. The van der Waals surface area contributed by atoms with Gasteiger partial charge in [-0.1, -0.05) is 12.7 Å². The van der Waals surface area contributed by atoms with E-state index in [-0.39, 0.29) is 23.9 Å². The Morgan fingerprint density at radius 3 is 3.27 bits per heavy atom. The fraction of sp³-hybridized carbons (Fsp3) is 0.400. The molecule has 0 saturated carbocycles. The summed E-state index contributed by atoms with van der Waals surface area (Å²) in [4.78, 5) is 24.2. The lowest BCUT2D eigenvalue weighted by molar-refractivity contribution is -0.139. The van der Waals surface area contributed by atoms with Crippen LogP contribution in [0.25, 0.3) is 0 Å². The molecule has 80 valence electrons. The molecular weight excluding hydrogens is 214 g/mol. The van der Waals surface area contributed by atoms with Gasteiger partial charge in [0.05, 0.1) is 17.4 Å². The Labute approximate surface area is 92.0 Å². The number of carbonyl (C=O) groups is 2. The van der Waals surface area contributed by atoms with Crippen molar-refractivity contribution >= 4 is 23.6 Å². The highest BCUT2D eigenvalue weighted by Gasteiger charge is 2.39. The van der Waals surface area contributed by atoms with Gasteiger partial charge in [-0.2, -0.15) is 0 Å². The van der Waals surface area contributed by atoms with Gasteiger partial charge < -0.3 is 9.64 Å². The van der Waals surface area contributed by atoms with Crippen LogP contribution in [-0.2, 0) is 14.3 Å². The summed E-state index contributed by atoms with van der Waals surface area (Å²) < 4.78 is 4.90. The quantitative estimate of drug-likeness (QED) is 0.407. The Balaban J connectivity index is 2.00. The largest absolute Gasteiger partial charge is 0.458 e. The summed E-state index contributed by atoms with van der Waals surface area (Å²) in [5.41, 5.74) is 0.547. The molecule has 4 nitrogen and oxygen atoms in total. The van der Waals surface area contributed by atoms with Gasteiger partial charge in [-0.25, -0.2) is 4.79 Å². The highest BCUT2D eigenvalue weighted by Crippen LogP contribution is 2.35. The molecule has 15 heavy (non-hydrogen) atoms. The molecule has 0 aromatic carbocycles. The molecule has 1 fully saturated rings. The average molecular weight is 225 g/mol. The molecule has 2 rings (SSSR count). The second-order valence-electron chi connectivity index (χ2n) is 3.31. The molecule has 2 heterocycles. The van der Waals surface area contributed by atoms with E-state index in [1.165, 1.54) is 6.08 Å². The maximum atomic E-state index is 11.5. The fourth-order valence-electron chi connectivity index (χ4n) is 1.43. The molecule has 0 unspecified atom stereocenters. The van der Waals surface area contributed by atoms with Crippen molar-refractivity contribution < 1.29 is 14.3 Å². The van der Waals surface area contributed by atoms with Crippen molar-refractivity contribution in [3.63, 3.8) is 0 Å². The average Bonchev–Trinajstić information content (AvgIpc) is 2.24. The highest BCUT2D eigenvalue weighted by atomic mass is 32.2. The number of ether oxygens (including phenoxy) is 1. The molecule has 0 aliphatic carbocycles. The molecule has 0 radical (unpaired) electrons. The number of hydrogen-bond acceptors (Lipinski definition) is 4. The van der Waals surface area contributed by atoms with E-state index in [1.807, 2.05) is 0 Å². The van der Waals surface area contributed by atoms with E-state index < -0.39 is 0 Å². The van der Waals surface area contributed by atoms with Crippen molar-refractivity contribution in [2.45, 2.75) is 11.8 Å². The lowest BCUT2D eigenvalue weighted by atomic mass is 10.2. The van der Waals surface area contributed by atoms with Crippen LogP contribution < -0.4 is 0 Å². The molecule has 0 spiro atoms. The number of hydrogen-bond donors (Lipinski definition) is 0. The second-order valence-corrected chi connectivity index (χ2v) is 4.48. The first-order chi connectivity index (χ1) is 7.22. The Hall–Kier alpha value is -1.23. The predicted octanol–water partition coefficient (Wildman–Crippen LogP) is 0.905. The fourth-order valence-corrected chi connectivity index (χ4v) is 2.59. The number of fused-ring (bicyclic) bond motifs is 1. The van der Waals surface area contributed by atoms with Crippen molar-refractivity contribution in [1.82, 2.24) is 4.90 Å². The van der Waals surface area contributed by atoms with Crippen molar-refractivity contribution in [3.05, 3.63) is 24.4 Å². The normalized spacial score (nSPS) is 23.7. The van der Waals surface area contributed by atoms with Crippen LogP contribution in [0.1, 0.15) is 6.42 Å². The zero-order valence-electron chi connectivity index (χ0n) is 8.14. The van der Waals surface area contributed by atoms with Crippen LogP contribution in [0.5, 0.6) is 0 Å². The third kappa shape index (κ3) is 1.92. The number of carbonyl (C=O) groups excluding carboxylic acids is 2. The summed E-state index contributed by atoms with van der Waals surface area (Å²) in [5, 5.41) is 0.230. The first-order valence-electron chi connectivity index (χ1n) is 4.64. The topological polar surface area (TPSA) is 46.6 Å². The van der Waals surface area contributed by atoms with Crippen molar-refractivity contribution in [3.8, 4) is 0 Å². The van der Waals surface area contributed by atoms with Crippen molar-refractivity contribution in [2.24, 2.45) is 0 Å². The zero-order chi connectivity index (χ0) is 10.8. The van der Waals surface area contributed by atoms with Gasteiger partial charge in [0.25, 0.3) is 0 Å². The van der Waals surface area contributed by atoms with Crippen molar-refractivity contribution in [1.29, 1.82) is 0 Å². The Bertz CT molecular complexity index is 351. The standard InChI is InChI=1S/C10H11NO3S/c1-2-3-14-10(13)7-5-11-8(12)4-9(11)15-6-7/h2,5,9H,1,3-4,6H2/t9-/m1/s1. The van der Waals surface area contributed by atoms with Crippen LogP contribution in [0.15, 0.2) is 24.4 Å². The molecule has 2 aliphatic heterocycles. The maximum absolute atomic E-state index is 11.5. The van der Waals surface area contributed by atoms with E-state index in [9.17, 15) is 9.59 Å². The first-order valence-corrected chi connectivity index (χ1v) is 5.68. The predicted molar refractivity (Wildman–Crippen MR) is 56.9 cm³/mol. The van der Waals surface area contributed by atoms with E-state index in [0.29, 0.717) is 17.7 Å². The van der Waals surface area contributed by atoms with Gasteiger partial charge in [0.1, 0.15) is 6.61 Å². The summed E-state index contributed by atoms with van der Waals surface area (Å²) in [6.07, 6.45) is 3.71. The third-order valence-electron chi connectivity index (χ3n) is 2.27. The van der Waals surface area contributed by atoms with Gasteiger partial charge >= 0.3 is 5.97 Å². The molecular formula is C10H11NO3S.